The summed E-state index contributed by atoms with van der Waals surface area (Å²) < 4.78 is 26.4. The molecule has 0 saturated heterocycles. The van der Waals surface area contributed by atoms with Crippen LogP contribution >= 0.6 is 23.2 Å². The summed E-state index contributed by atoms with van der Waals surface area (Å²) in [4.78, 5) is 0.0703. The van der Waals surface area contributed by atoms with E-state index in [-0.39, 0.29) is 9.92 Å². The van der Waals surface area contributed by atoms with Crippen LogP contribution in [0.5, 0.6) is 0 Å². The molecule has 0 fully saturated rings. The molecule has 1 N–H and O–H groups in total. The van der Waals surface area contributed by atoms with E-state index >= 15 is 0 Å². The Kier molecular flexibility index (Phi) is 7.44. The number of rotatable bonds is 8. The summed E-state index contributed by atoms with van der Waals surface area (Å²) in [5.41, 5.74) is 0.695. The Bertz CT molecular complexity index is 577. The molecule has 0 bridgehead atoms. The largest absolute Gasteiger partial charge is 0.313 e. The Balaban J connectivity index is 3.18. The first-order chi connectivity index (χ1) is 9.84. The molecule has 0 aliphatic rings. The number of hydrogen-bond acceptors (Lipinski definition) is 3. The van der Waals surface area contributed by atoms with Crippen LogP contribution in [0.2, 0.25) is 10.0 Å². The van der Waals surface area contributed by atoms with Crippen molar-refractivity contribution in [1.29, 1.82) is 0 Å². The highest BCUT2D eigenvalue weighted by atomic mass is 35.5. The Morgan fingerprint density at radius 2 is 1.86 bits per heavy atom. The zero-order valence-corrected chi connectivity index (χ0v) is 14.9. The fraction of sp³-hybridized carbons (Fsp3) is 0.571. The third-order valence-electron chi connectivity index (χ3n) is 3.05. The van der Waals surface area contributed by atoms with Gasteiger partial charge in [-0.2, -0.15) is 0 Å². The van der Waals surface area contributed by atoms with Gasteiger partial charge in [0.25, 0.3) is 0 Å². The summed E-state index contributed by atoms with van der Waals surface area (Å²) in [6.07, 6.45) is 1.72. The standard InChI is InChI=1S/C14H22Cl2N2O2S/c1-4-6-17-10-11-8-12(15)9-13(14(11)16)21(19,20)18(3)7-5-2/h8-9,17H,4-7,10H2,1-3H3. The zero-order valence-electron chi connectivity index (χ0n) is 12.6. The lowest BCUT2D eigenvalue weighted by atomic mass is 10.2. The zero-order chi connectivity index (χ0) is 16.0. The normalized spacial score (nSPS) is 12.1. The van der Waals surface area contributed by atoms with Gasteiger partial charge in [0.15, 0.2) is 0 Å². The van der Waals surface area contributed by atoms with Crippen molar-refractivity contribution in [3.63, 3.8) is 0 Å². The van der Waals surface area contributed by atoms with Gasteiger partial charge in [-0.1, -0.05) is 37.0 Å². The van der Waals surface area contributed by atoms with E-state index in [1.165, 1.54) is 10.4 Å². The lowest BCUT2D eigenvalue weighted by molar-refractivity contribution is 0.468. The van der Waals surface area contributed by atoms with Crippen molar-refractivity contribution < 1.29 is 8.42 Å². The van der Waals surface area contributed by atoms with Crippen LogP contribution in [0.25, 0.3) is 0 Å². The molecule has 120 valence electrons. The van der Waals surface area contributed by atoms with E-state index in [4.69, 9.17) is 23.2 Å². The number of nitrogens with zero attached hydrogens (tertiary/aromatic N) is 1. The molecule has 21 heavy (non-hydrogen) atoms. The second-order valence-electron chi connectivity index (χ2n) is 4.88. The summed E-state index contributed by atoms with van der Waals surface area (Å²) in [7, 11) is -2.07. The number of benzene rings is 1. The molecule has 0 unspecified atom stereocenters. The first-order valence-corrected chi connectivity index (χ1v) is 9.19. The van der Waals surface area contributed by atoms with Crippen LogP contribution in [0, 0.1) is 0 Å². The molecule has 1 aromatic rings. The van der Waals surface area contributed by atoms with E-state index in [0.717, 1.165) is 19.4 Å². The second kappa shape index (κ2) is 8.34. The summed E-state index contributed by atoms with van der Waals surface area (Å²) in [5, 5.41) is 3.81. The summed E-state index contributed by atoms with van der Waals surface area (Å²) in [5.74, 6) is 0. The molecule has 0 aliphatic heterocycles. The number of halogens is 2. The van der Waals surface area contributed by atoms with Crippen LogP contribution in [0.1, 0.15) is 32.3 Å². The van der Waals surface area contributed by atoms with Crippen LogP contribution in [-0.4, -0.2) is 32.9 Å². The van der Waals surface area contributed by atoms with Gasteiger partial charge in [0, 0.05) is 25.2 Å². The number of hydrogen-bond donors (Lipinski definition) is 1. The maximum atomic E-state index is 12.5. The molecule has 0 saturated carbocycles. The van der Waals surface area contributed by atoms with Crippen molar-refractivity contribution in [2.45, 2.75) is 38.1 Å². The minimum Gasteiger partial charge on any atom is -0.313 e. The number of nitrogens with one attached hydrogen (secondary N) is 1. The van der Waals surface area contributed by atoms with Crippen LogP contribution in [-0.2, 0) is 16.6 Å². The van der Waals surface area contributed by atoms with Crippen LogP contribution < -0.4 is 5.32 Å². The average Bonchev–Trinajstić information content (AvgIpc) is 2.42. The number of sulfonamides is 1. The molecule has 4 nitrogen and oxygen atoms in total. The molecule has 0 heterocycles. The van der Waals surface area contributed by atoms with Gasteiger partial charge in [0.05, 0.1) is 5.02 Å². The van der Waals surface area contributed by atoms with Crippen LogP contribution in [0.15, 0.2) is 17.0 Å². The smallest absolute Gasteiger partial charge is 0.244 e. The Labute approximate surface area is 137 Å². The molecule has 0 spiro atoms. The lowest BCUT2D eigenvalue weighted by Gasteiger charge is -2.19. The minimum atomic E-state index is -3.62. The summed E-state index contributed by atoms with van der Waals surface area (Å²) in [6.45, 7) is 5.75. The van der Waals surface area contributed by atoms with Gasteiger partial charge in [-0.05, 0) is 37.1 Å². The van der Waals surface area contributed by atoms with Gasteiger partial charge in [-0.25, -0.2) is 12.7 Å². The molecule has 1 aromatic carbocycles. The average molecular weight is 353 g/mol. The third kappa shape index (κ3) is 4.83. The van der Waals surface area contributed by atoms with Crippen molar-refractivity contribution in [2.24, 2.45) is 0 Å². The molecule has 0 radical (unpaired) electrons. The molecule has 0 atom stereocenters. The fourth-order valence-electron chi connectivity index (χ4n) is 1.94. The minimum absolute atomic E-state index is 0.0703. The van der Waals surface area contributed by atoms with Gasteiger partial charge < -0.3 is 5.32 Å². The van der Waals surface area contributed by atoms with Gasteiger partial charge in [0.1, 0.15) is 4.90 Å². The first-order valence-electron chi connectivity index (χ1n) is 6.99. The van der Waals surface area contributed by atoms with E-state index in [9.17, 15) is 8.42 Å². The SMILES string of the molecule is CCCNCc1cc(Cl)cc(S(=O)(=O)N(C)CCC)c1Cl. The summed E-state index contributed by atoms with van der Waals surface area (Å²) >= 11 is 12.3. The van der Waals surface area contributed by atoms with E-state index in [1.807, 2.05) is 6.92 Å². The molecular formula is C14H22Cl2N2O2S. The van der Waals surface area contributed by atoms with Gasteiger partial charge in [0.2, 0.25) is 10.0 Å². The summed E-state index contributed by atoms with van der Waals surface area (Å²) in [6, 6.07) is 3.11. The maximum Gasteiger partial charge on any atom is 0.244 e. The van der Waals surface area contributed by atoms with E-state index in [2.05, 4.69) is 12.2 Å². The van der Waals surface area contributed by atoms with Crippen molar-refractivity contribution in [3.8, 4) is 0 Å². The second-order valence-corrected chi connectivity index (χ2v) is 7.71. The fourth-order valence-corrected chi connectivity index (χ4v) is 4.10. The molecule has 0 aliphatic carbocycles. The van der Waals surface area contributed by atoms with Crippen LogP contribution in [0.3, 0.4) is 0 Å². The molecule has 1 rings (SSSR count). The van der Waals surface area contributed by atoms with Crippen molar-refractivity contribution in [2.75, 3.05) is 20.1 Å². The van der Waals surface area contributed by atoms with E-state index in [0.29, 0.717) is 23.7 Å². The first kappa shape index (κ1) is 18.7. The molecular weight excluding hydrogens is 331 g/mol. The predicted octanol–water partition coefficient (Wildman–Crippen LogP) is 3.52. The Morgan fingerprint density at radius 1 is 1.19 bits per heavy atom. The molecule has 7 heteroatoms. The van der Waals surface area contributed by atoms with E-state index in [1.54, 1.807) is 13.1 Å². The molecule has 0 aromatic heterocycles. The highest BCUT2D eigenvalue weighted by molar-refractivity contribution is 7.89. The predicted molar refractivity (Wildman–Crippen MR) is 88.6 cm³/mol. The quantitative estimate of drug-likeness (QED) is 0.728. The Morgan fingerprint density at radius 3 is 2.43 bits per heavy atom. The van der Waals surface area contributed by atoms with Crippen molar-refractivity contribution in [3.05, 3.63) is 27.7 Å². The monoisotopic (exact) mass is 352 g/mol. The molecule has 0 amide bonds. The third-order valence-corrected chi connectivity index (χ3v) is 5.71. The van der Waals surface area contributed by atoms with E-state index < -0.39 is 10.0 Å². The highest BCUT2D eigenvalue weighted by Crippen LogP contribution is 2.31. The van der Waals surface area contributed by atoms with Crippen LogP contribution in [0.4, 0.5) is 0 Å². The maximum absolute atomic E-state index is 12.5. The van der Waals surface area contributed by atoms with Crippen molar-refractivity contribution in [1.82, 2.24) is 9.62 Å². The lowest BCUT2D eigenvalue weighted by Crippen LogP contribution is -2.28. The van der Waals surface area contributed by atoms with Crippen molar-refractivity contribution >= 4 is 33.2 Å². The highest BCUT2D eigenvalue weighted by Gasteiger charge is 2.25. The Hall–Kier alpha value is -0.330. The topological polar surface area (TPSA) is 49.4 Å². The van der Waals surface area contributed by atoms with Gasteiger partial charge in [-0.3, -0.25) is 0 Å². The van der Waals surface area contributed by atoms with Gasteiger partial charge in [-0.15, -0.1) is 0 Å². The van der Waals surface area contributed by atoms with Gasteiger partial charge >= 0.3 is 0 Å².